The van der Waals surface area contributed by atoms with Crippen molar-refractivity contribution >= 4 is 30.8 Å². The van der Waals surface area contributed by atoms with Crippen LogP contribution in [0.5, 0.6) is 0 Å². The van der Waals surface area contributed by atoms with Gasteiger partial charge in [-0.25, -0.2) is 8.78 Å². The molecule has 3 rings (SSSR count). The fourth-order valence-electron chi connectivity index (χ4n) is 3.57. The van der Waals surface area contributed by atoms with Gasteiger partial charge in [0.25, 0.3) is 0 Å². The largest absolute Gasteiger partial charge is 0.480 e. The van der Waals surface area contributed by atoms with E-state index in [1.54, 1.807) is 24.3 Å². The number of aliphatic carboxylic acids is 1. The van der Waals surface area contributed by atoms with Gasteiger partial charge in [-0.3, -0.25) is 14.6 Å². The first kappa shape index (κ1) is 24.3. The van der Waals surface area contributed by atoms with Gasteiger partial charge in [-0.1, -0.05) is 24.3 Å². The van der Waals surface area contributed by atoms with E-state index in [2.05, 4.69) is 4.90 Å². The monoisotopic (exact) mass is 432 g/mol. The van der Waals surface area contributed by atoms with E-state index in [1.807, 2.05) is 11.8 Å². The number of piperazine rings is 1. The number of nitrogens with zero attached hydrogens (tertiary/aromatic N) is 2. The molecule has 0 saturated carbocycles. The van der Waals surface area contributed by atoms with Crippen molar-refractivity contribution in [3.05, 3.63) is 71.3 Å². The minimum atomic E-state index is -0.834. The lowest BCUT2D eigenvalue weighted by atomic mass is 9.95. The summed E-state index contributed by atoms with van der Waals surface area (Å²) in [5, 5.41) is 9.04. The molecule has 0 aromatic heterocycles. The maximum absolute atomic E-state index is 13.4. The van der Waals surface area contributed by atoms with Gasteiger partial charge in [-0.05, 0) is 42.3 Å². The lowest BCUT2D eigenvalue weighted by Crippen LogP contribution is -2.54. The van der Waals surface area contributed by atoms with Crippen LogP contribution >= 0.6 is 24.8 Å². The summed E-state index contributed by atoms with van der Waals surface area (Å²) in [7, 11) is 0. The first-order valence-corrected chi connectivity index (χ1v) is 8.65. The lowest BCUT2D eigenvalue weighted by molar-refractivity contribution is -0.139. The van der Waals surface area contributed by atoms with E-state index in [-0.39, 0.29) is 55.1 Å². The standard InChI is InChI=1S/C20H22F2N2O2.2ClH/c1-14-12-24(11-10-23(14)13-19(25)26)20(15-2-6-17(21)7-3-15)16-4-8-18(22)9-5-16;;/h2-9,14,20H,10-13H2,1H3,(H,25,26);2*1H/t14-;;/m1../s1. The van der Waals surface area contributed by atoms with E-state index in [9.17, 15) is 13.6 Å². The van der Waals surface area contributed by atoms with Crippen LogP contribution in [0.4, 0.5) is 8.78 Å². The number of carbonyl (C=O) groups is 1. The van der Waals surface area contributed by atoms with Crippen LogP contribution in [0, 0.1) is 11.6 Å². The molecule has 28 heavy (non-hydrogen) atoms. The topological polar surface area (TPSA) is 43.8 Å². The molecule has 1 fully saturated rings. The van der Waals surface area contributed by atoms with E-state index >= 15 is 0 Å². The molecule has 1 heterocycles. The Balaban J connectivity index is 0.00000196. The summed E-state index contributed by atoms with van der Waals surface area (Å²) >= 11 is 0. The Hall–Kier alpha value is -1.73. The minimum Gasteiger partial charge on any atom is -0.480 e. The molecule has 0 bridgehead atoms. The highest BCUT2D eigenvalue weighted by molar-refractivity contribution is 5.85. The van der Waals surface area contributed by atoms with Crippen LogP contribution in [0.3, 0.4) is 0 Å². The average Bonchev–Trinajstić information content (AvgIpc) is 2.60. The summed E-state index contributed by atoms with van der Waals surface area (Å²) in [5.74, 6) is -1.43. The van der Waals surface area contributed by atoms with Gasteiger partial charge >= 0.3 is 5.97 Å². The second-order valence-electron chi connectivity index (χ2n) is 6.71. The molecule has 1 saturated heterocycles. The molecule has 8 heteroatoms. The second-order valence-corrected chi connectivity index (χ2v) is 6.71. The Kier molecular flexibility index (Phi) is 9.30. The molecule has 0 aliphatic carbocycles. The Morgan fingerprint density at radius 3 is 1.86 bits per heavy atom. The normalized spacial score (nSPS) is 17.6. The van der Waals surface area contributed by atoms with Crippen molar-refractivity contribution in [3.8, 4) is 0 Å². The maximum atomic E-state index is 13.4. The van der Waals surface area contributed by atoms with Gasteiger partial charge in [0, 0.05) is 25.7 Å². The smallest absolute Gasteiger partial charge is 0.317 e. The van der Waals surface area contributed by atoms with Crippen LogP contribution in [0.1, 0.15) is 24.1 Å². The molecule has 0 amide bonds. The summed E-state index contributed by atoms with van der Waals surface area (Å²) < 4.78 is 26.7. The molecule has 1 N–H and O–H groups in total. The fraction of sp³-hybridized carbons (Fsp3) is 0.350. The van der Waals surface area contributed by atoms with Gasteiger partial charge in [0.2, 0.25) is 0 Å². The van der Waals surface area contributed by atoms with Crippen LogP contribution in [0.15, 0.2) is 48.5 Å². The molecule has 1 aliphatic heterocycles. The predicted octanol–water partition coefficient (Wildman–Crippen LogP) is 3.99. The number of hydrogen-bond donors (Lipinski definition) is 1. The van der Waals surface area contributed by atoms with E-state index in [0.717, 1.165) is 11.1 Å². The molecule has 0 radical (unpaired) electrons. The zero-order chi connectivity index (χ0) is 18.7. The first-order chi connectivity index (χ1) is 12.4. The van der Waals surface area contributed by atoms with Crippen molar-refractivity contribution in [1.29, 1.82) is 0 Å². The van der Waals surface area contributed by atoms with Gasteiger partial charge in [-0.2, -0.15) is 0 Å². The SMILES string of the molecule is C[C@@H]1CN(C(c2ccc(F)cc2)c2ccc(F)cc2)CCN1CC(=O)O.Cl.Cl. The Labute approximate surface area is 176 Å². The van der Waals surface area contributed by atoms with Crippen molar-refractivity contribution in [1.82, 2.24) is 9.80 Å². The number of benzene rings is 2. The number of carboxylic acid groups (broad SMARTS) is 1. The molecular formula is C20H24Cl2F2N2O2. The quantitative estimate of drug-likeness (QED) is 0.775. The van der Waals surface area contributed by atoms with Crippen molar-refractivity contribution in [3.63, 3.8) is 0 Å². The zero-order valence-electron chi connectivity index (χ0n) is 15.4. The summed E-state index contributed by atoms with van der Waals surface area (Å²) in [6.45, 7) is 4.00. The van der Waals surface area contributed by atoms with Gasteiger partial charge < -0.3 is 5.11 Å². The number of halogens is 4. The molecular weight excluding hydrogens is 409 g/mol. The van der Waals surface area contributed by atoms with Gasteiger partial charge in [0.05, 0.1) is 12.6 Å². The summed E-state index contributed by atoms with van der Waals surface area (Å²) in [5.41, 5.74) is 1.86. The van der Waals surface area contributed by atoms with Crippen LogP contribution < -0.4 is 0 Å². The predicted molar refractivity (Wildman–Crippen MR) is 109 cm³/mol. The maximum Gasteiger partial charge on any atom is 0.317 e. The number of hydrogen-bond acceptors (Lipinski definition) is 3. The lowest BCUT2D eigenvalue weighted by Gasteiger charge is -2.43. The fourth-order valence-corrected chi connectivity index (χ4v) is 3.57. The van der Waals surface area contributed by atoms with E-state index in [4.69, 9.17) is 5.11 Å². The van der Waals surface area contributed by atoms with Crippen molar-refractivity contribution in [2.75, 3.05) is 26.2 Å². The Morgan fingerprint density at radius 2 is 1.46 bits per heavy atom. The van der Waals surface area contributed by atoms with Gasteiger partial charge in [0.15, 0.2) is 0 Å². The van der Waals surface area contributed by atoms with Gasteiger partial charge in [0.1, 0.15) is 11.6 Å². The molecule has 1 aliphatic rings. The van der Waals surface area contributed by atoms with Crippen molar-refractivity contribution in [2.24, 2.45) is 0 Å². The van der Waals surface area contributed by atoms with E-state index in [1.165, 1.54) is 24.3 Å². The third-order valence-corrected chi connectivity index (χ3v) is 4.87. The van der Waals surface area contributed by atoms with Crippen LogP contribution in [0.2, 0.25) is 0 Å². The second kappa shape index (κ2) is 10.7. The Bertz CT molecular complexity index is 714. The van der Waals surface area contributed by atoms with Crippen molar-refractivity contribution < 1.29 is 18.7 Å². The number of rotatable bonds is 5. The highest BCUT2D eigenvalue weighted by atomic mass is 35.5. The highest BCUT2D eigenvalue weighted by Crippen LogP contribution is 2.31. The van der Waals surface area contributed by atoms with Crippen LogP contribution in [-0.2, 0) is 4.79 Å². The van der Waals surface area contributed by atoms with E-state index < -0.39 is 5.97 Å². The summed E-state index contributed by atoms with van der Waals surface area (Å²) in [6, 6.07) is 12.6. The minimum absolute atomic E-state index is 0. The third-order valence-electron chi connectivity index (χ3n) is 4.87. The molecule has 1 atom stereocenters. The molecule has 2 aromatic carbocycles. The van der Waals surface area contributed by atoms with Crippen molar-refractivity contribution in [2.45, 2.75) is 19.0 Å². The molecule has 2 aromatic rings. The average molecular weight is 433 g/mol. The molecule has 0 spiro atoms. The van der Waals surface area contributed by atoms with Gasteiger partial charge in [-0.15, -0.1) is 24.8 Å². The molecule has 154 valence electrons. The molecule has 0 unspecified atom stereocenters. The summed E-state index contributed by atoms with van der Waals surface area (Å²) in [6.07, 6.45) is 0. The zero-order valence-corrected chi connectivity index (χ0v) is 17.1. The summed E-state index contributed by atoms with van der Waals surface area (Å²) in [4.78, 5) is 15.2. The van der Waals surface area contributed by atoms with E-state index in [0.29, 0.717) is 19.6 Å². The third kappa shape index (κ3) is 5.88. The first-order valence-electron chi connectivity index (χ1n) is 8.65. The van der Waals surface area contributed by atoms with Crippen LogP contribution in [-0.4, -0.2) is 53.1 Å². The molecule has 4 nitrogen and oxygen atoms in total. The highest BCUT2D eigenvalue weighted by Gasteiger charge is 2.31. The Morgan fingerprint density at radius 1 is 1.00 bits per heavy atom. The number of carboxylic acids is 1. The van der Waals surface area contributed by atoms with Crippen LogP contribution in [0.25, 0.3) is 0 Å².